The van der Waals surface area contributed by atoms with Crippen LogP contribution in [0.3, 0.4) is 0 Å². The number of ether oxygens (including phenoxy) is 3. The number of aliphatic imine (C=N–C) groups is 1. The second kappa shape index (κ2) is 13.5. The lowest BCUT2D eigenvalue weighted by molar-refractivity contribution is 0.305. The fourth-order valence-electron chi connectivity index (χ4n) is 2.49. The first-order chi connectivity index (χ1) is 13.5. The van der Waals surface area contributed by atoms with Crippen molar-refractivity contribution in [2.45, 2.75) is 26.7 Å². The Labute approximate surface area is 194 Å². The van der Waals surface area contributed by atoms with Crippen molar-refractivity contribution >= 4 is 41.3 Å². The third-order valence-electron chi connectivity index (χ3n) is 4.13. The number of guanidine groups is 1. The molecule has 0 atom stereocenters. The second-order valence-electron chi connectivity index (χ2n) is 6.18. The summed E-state index contributed by atoms with van der Waals surface area (Å²) in [5.74, 6) is 2.94. The molecule has 0 aliphatic rings. The summed E-state index contributed by atoms with van der Waals surface area (Å²) in [6.45, 7) is 6.29. The van der Waals surface area contributed by atoms with E-state index in [9.17, 15) is 0 Å². The average molecular weight is 534 g/mol. The lowest BCUT2D eigenvalue weighted by Gasteiger charge is -2.12. The molecule has 2 rings (SSSR count). The molecule has 7 nitrogen and oxygen atoms in total. The van der Waals surface area contributed by atoms with Crippen molar-refractivity contribution in [1.29, 1.82) is 0 Å². The summed E-state index contributed by atoms with van der Waals surface area (Å²) in [6, 6.07) is 5.51. The molecule has 0 amide bonds. The van der Waals surface area contributed by atoms with E-state index in [4.69, 9.17) is 14.2 Å². The van der Waals surface area contributed by atoms with E-state index in [1.807, 2.05) is 25.1 Å². The van der Waals surface area contributed by atoms with E-state index in [1.54, 1.807) is 32.6 Å². The summed E-state index contributed by atoms with van der Waals surface area (Å²) in [4.78, 5) is 10.1. The third-order valence-corrected chi connectivity index (χ3v) is 5.27. The number of aryl methyl sites for hydroxylation is 2. The van der Waals surface area contributed by atoms with Crippen LogP contribution < -0.4 is 24.8 Å². The number of aromatic nitrogens is 1. The number of benzene rings is 1. The number of methoxy groups -OCH3 is 2. The van der Waals surface area contributed by atoms with Crippen LogP contribution in [0.1, 0.15) is 22.0 Å². The summed E-state index contributed by atoms with van der Waals surface area (Å²) in [5.41, 5.74) is 1.12. The number of halogens is 1. The molecule has 9 heteroatoms. The van der Waals surface area contributed by atoms with Gasteiger partial charge in [-0.2, -0.15) is 0 Å². The zero-order valence-electron chi connectivity index (χ0n) is 17.7. The van der Waals surface area contributed by atoms with Crippen LogP contribution in [0.25, 0.3) is 0 Å². The first-order valence-corrected chi connectivity index (χ1v) is 10.1. The van der Waals surface area contributed by atoms with E-state index in [2.05, 4.69) is 27.5 Å². The zero-order valence-corrected chi connectivity index (χ0v) is 20.9. The van der Waals surface area contributed by atoms with Gasteiger partial charge in [-0.25, -0.2) is 4.98 Å². The molecular formula is C20H31IN4O3S. The van der Waals surface area contributed by atoms with Crippen molar-refractivity contribution in [3.63, 3.8) is 0 Å². The van der Waals surface area contributed by atoms with Gasteiger partial charge in [-0.15, -0.1) is 35.3 Å². The van der Waals surface area contributed by atoms with Gasteiger partial charge in [0.2, 0.25) is 0 Å². The Morgan fingerprint density at radius 3 is 2.21 bits per heavy atom. The van der Waals surface area contributed by atoms with E-state index in [-0.39, 0.29) is 24.0 Å². The summed E-state index contributed by atoms with van der Waals surface area (Å²) in [6.07, 6.45) is 1.73. The minimum absolute atomic E-state index is 0. The summed E-state index contributed by atoms with van der Waals surface area (Å²) < 4.78 is 16.3. The predicted octanol–water partition coefficient (Wildman–Crippen LogP) is 3.57. The maximum absolute atomic E-state index is 5.79. The van der Waals surface area contributed by atoms with Crippen molar-refractivity contribution < 1.29 is 14.2 Å². The monoisotopic (exact) mass is 534 g/mol. The van der Waals surface area contributed by atoms with Crippen molar-refractivity contribution in [1.82, 2.24) is 15.6 Å². The lowest BCUT2D eigenvalue weighted by atomic mass is 10.3. The molecule has 162 valence electrons. The predicted molar refractivity (Wildman–Crippen MR) is 130 cm³/mol. The smallest absolute Gasteiger partial charge is 0.190 e. The van der Waals surface area contributed by atoms with Gasteiger partial charge in [0.05, 0.1) is 31.5 Å². The van der Waals surface area contributed by atoms with Crippen molar-refractivity contribution in [3.05, 3.63) is 33.8 Å². The highest BCUT2D eigenvalue weighted by atomic mass is 127. The van der Waals surface area contributed by atoms with Crippen LogP contribution in [0.5, 0.6) is 17.2 Å². The molecule has 0 radical (unpaired) electrons. The molecule has 1 aromatic heterocycles. The molecule has 0 saturated carbocycles. The molecular weight excluding hydrogens is 503 g/mol. The molecule has 1 aromatic carbocycles. The standard InChI is InChI=1S/C20H30N4O3S.HI/c1-14-15(2)28-19(24-14)7-9-23-20(21-3)22-8-6-10-27-18-12-16(25-4)11-17(13-18)26-5;/h11-13H,6-10H2,1-5H3,(H2,21,22,23);1H. The van der Waals surface area contributed by atoms with Gasteiger partial charge in [0.25, 0.3) is 0 Å². The summed E-state index contributed by atoms with van der Waals surface area (Å²) in [5, 5.41) is 7.77. The van der Waals surface area contributed by atoms with Crippen LogP contribution in [-0.4, -0.2) is 51.9 Å². The Kier molecular flexibility index (Phi) is 11.7. The minimum atomic E-state index is 0. The molecule has 0 aliphatic carbocycles. The Hall–Kier alpha value is -1.75. The molecule has 2 N–H and O–H groups in total. The van der Waals surface area contributed by atoms with Crippen LogP contribution in [0.2, 0.25) is 0 Å². The van der Waals surface area contributed by atoms with E-state index >= 15 is 0 Å². The number of rotatable bonds is 10. The van der Waals surface area contributed by atoms with Gasteiger partial charge < -0.3 is 24.8 Å². The summed E-state index contributed by atoms with van der Waals surface area (Å²) in [7, 11) is 5.02. The zero-order chi connectivity index (χ0) is 20.4. The highest BCUT2D eigenvalue weighted by molar-refractivity contribution is 14.0. The topological polar surface area (TPSA) is 77.0 Å². The highest BCUT2D eigenvalue weighted by Crippen LogP contribution is 2.27. The number of thiazole rings is 1. The van der Waals surface area contributed by atoms with E-state index < -0.39 is 0 Å². The molecule has 2 aromatic rings. The van der Waals surface area contributed by atoms with Crippen LogP contribution in [0, 0.1) is 13.8 Å². The van der Waals surface area contributed by atoms with Gasteiger partial charge in [0.1, 0.15) is 17.2 Å². The number of hydrogen-bond donors (Lipinski definition) is 2. The largest absolute Gasteiger partial charge is 0.496 e. The van der Waals surface area contributed by atoms with Gasteiger partial charge in [-0.1, -0.05) is 0 Å². The van der Waals surface area contributed by atoms with E-state index in [1.165, 1.54) is 4.88 Å². The van der Waals surface area contributed by atoms with Crippen molar-refractivity contribution in [3.8, 4) is 17.2 Å². The van der Waals surface area contributed by atoms with E-state index in [0.29, 0.717) is 18.1 Å². The first kappa shape index (κ1) is 25.3. The molecule has 0 fully saturated rings. The van der Waals surface area contributed by atoms with Crippen LogP contribution in [0.15, 0.2) is 23.2 Å². The van der Waals surface area contributed by atoms with Crippen LogP contribution in [-0.2, 0) is 6.42 Å². The third kappa shape index (κ3) is 8.65. The molecule has 0 aliphatic heterocycles. The molecule has 0 spiro atoms. The highest BCUT2D eigenvalue weighted by Gasteiger charge is 2.05. The second-order valence-corrected chi connectivity index (χ2v) is 7.46. The maximum atomic E-state index is 5.79. The van der Waals surface area contributed by atoms with Gasteiger partial charge >= 0.3 is 0 Å². The van der Waals surface area contributed by atoms with Gasteiger partial charge in [0, 0.05) is 49.6 Å². The molecule has 0 bridgehead atoms. The average Bonchev–Trinajstić information content (AvgIpc) is 3.03. The molecule has 0 saturated heterocycles. The van der Waals surface area contributed by atoms with Gasteiger partial charge in [-0.3, -0.25) is 4.99 Å². The molecule has 0 unspecified atom stereocenters. The minimum Gasteiger partial charge on any atom is -0.496 e. The van der Waals surface area contributed by atoms with Crippen LogP contribution >= 0.6 is 35.3 Å². The maximum Gasteiger partial charge on any atom is 0.190 e. The van der Waals surface area contributed by atoms with Gasteiger partial charge in [0.15, 0.2) is 5.96 Å². The Balaban J connectivity index is 0.00000420. The van der Waals surface area contributed by atoms with Crippen molar-refractivity contribution in [2.75, 3.05) is 41.0 Å². The van der Waals surface area contributed by atoms with Crippen LogP contribution in [0.4, 0.5) is 0 Å². The quantitative estimate of drug-likeness (QED) is 0.210. The Bertz CT molecular complexity index is 741. The van der Waals surface area contributed by atoms with Crippen molar-refractivity contribution in [2.24, 2.45) is 4.99 Å². The SMILES string of the molecule is CN=C(NCCCOc1cc(OC)cc(OC)c1)NCCc1nc(C)c(C)s1.I. The lowest BCUT2D eigenvalue weighted by Crippen LogP contribution is -2.39. The normalized spacial score (nSPS) is 10.9. The molecule has 1 heterocycles. The first-order valence-electron chi connectivity index (χ1n) is 9.29. The Morgan fingerprint density at radius 2 is 1.66 bits per heavy atom. The fraction of sp³-hybridized carbons (Fsp3) is 0.500. The number of hydrogen-bond acceptors (Lipinski definition) is 6. The number of nitrogens with one attached hydrogen (secondary N) is 2. The fourth-order valence-corrected chi connectivity index (χ4v) is 3.42. The summed E-state index contributed by atoms with van der Waals surface area (Å²) >= 11 is 1.76. The Morgan fingerprint density at radius 1 is 1.03 bits per heavy atom. The van der Waals surface area contributed by atoms with E-state index in [0.717, 1.165) is 48.3 Å². The van der Waals surface area contributed by atoms with Gasteiger partial charge in [-0.05, 0) is 20.3 Å². The number of nitrogens with zero attached hydrogens (tertiary/aromatic N) is 2. The molecule has 29 heavy (non-hydrogen) atoms.